The molecule has 0 fully saturated rings. The number of aromatic nitrogens is 1. The highest BCUT2D eigenvalue weighted by atomic mass is 35.5. The van der Waals surface area contributed by atoms with E-state index in [-0.39, 0.29) is 22.2 Å². The number of hydrogen-bond donors (Lipinski definition) is 2. The summed E-state index contributed by atoms with van der Waals surface area (Å²) in [5.74, 6) is -0.374. The predicted octanol–water partition coefficient (Wildman–Crippen LogP) is 2.51. The van der Waals surface area contributed by atoms with Crippen LogP contribution in [0.2, 0.25) is 5.02 Å². The van der Waals surface area contributed by atoms with Gasteiger partial charge in [-0.25, -0.2) is 0 Å². The smallest absolute Gasteiger partial charge is 0.270 e. The SMILES string of the molecule is O=C(NCc1cc[nH]c1)c1ccc([N+](=O)[O-])cc1Cl. The standard InChI is InChI=1S/C12H10ClN3O3/c13-11-5-9(16(18)19)1-2-10(11)12(17)15-7-8-3-4-14-6-8/h1-6,14H,7H2,(H,15,17). The second kappa shape index (κ2) is 5.53. The van der Waals surface area contributed by atoms with Crippen LogP contribution in [0.5, 0.6) is 0 Å². The Balaban J connectivity index is 2.09. The second-order valence-electron chi connectivity index (χ2n) is 3.82. The van der Waals surface area contributed by atoms with Crippen molar-refractivity contribution in [1.82, 2.24) is 10.3 Å². The minimum atomic E-state index is -0.562. The van der Waals surface area contributed by atoms with Gasteiger partial charge in [-0.15, -0.1) is 0 Å². The minimum absolute atomic E-state index is 0.0563. The lowest BCUT2D eigenvalue weighted by molar-refractivity contribution is -0.384. The number of carbonyl (C=O) groups excluding carboxylic acids is 1. The highest BCUT2D eigenvalue weighted by Gasteiger charge is 2.14. The van der Waals surface area contributed by atoms with E-state index in [2.05, 4.69) is 10.3 Å². The molecule has 0 spiro atoms. The van der Waals surface area contributed by atoms with Crippen molar-refractivity contribution in [3.63, 3.8) is 0 Å². The molecule has 2 aromatic rings. The van der Waals surface area contributed by atoms with Crippen LogP contribution in [0, 0.1) is 10.1 Å². The van der Waals surface area contributed by atoms with Crippen molar-refractivity contribution in [2.45, 2.75) is 6.54 Å². The Morgan fingerprint density at radius 2 is 2.21 bits per heavy atom. The lowest BCUT2D eigenvalue weighted by Gasteiger charge is -2.05. The molecule has 1 heterocycles. The number of nitro benzene ring substituents is 1. The van der Waals surface area contributed by atoms with E-state index in [1.807, 2.05) is 6.07 Å². The predicted molar refractivity (Wildman–Crippen MR) is 70.1 cm³/mol. The third-order valence-corrected chi connectivity index (χ3v) is 2.84. The van der Waals surface area contributed by atoms with E-state index >= 15 is 0 Å². The van der Waals surface area contributed by atoms with Crippen LogP contribution >= 0.6 is 11.6 Å². The van der Waals surface area contributed by atoms with E-state index in [1.54, 1.807) is 12.4 Å². The molecular weight excluding hydrogens is 270 g/mol. The Labute approximate surface area is 113 Å². The van der Waals surface area contributed by atoms with E-state index in [9.17, 15) is 14.9 Å². The van der Waals surface area contributed by atoms with Gasteiger partial charge in [0.15, 0.2) is 0 Å². The van der Waals surface area contributed by atoms with Gasteiger partial charge < -0.3 is 10.3 Å². The topological polar surface area (TPSA) is 88.0 Å². The number of benzene rings is 1. The molecule has 19 heavy (non-hydrogen) atoms. The van der Waals surface area contributed by atoms with Crippen LogP contribution in [-0.2, 0) is 6.54 Å². The number of halogens is 1. The Kier molecular flexibility index (Phi) is 3.82. The first-order valence-corrected chi connectivity index (χ1v) is 5.79. The lowest BCUT2D eigenvalue weighted by Crippen LogP contribution is -2.22. The summed E-state index contributed by atoms with van der Waals surface area (Å²) in [6.45, 7) is 0.357. The number of amides is 1. The molecule has 1 amide bonds. The van der Waals surface area contributed by atoms with Crippen LogP contribution in [0.25, 0.3) is 0 Å². The molecule has 0 atom stereocenters. The quantitative estimate of drug-likeness (QED) is 0.666. The van der Waals surface area contributed by atoms with Crippen LogP contribution in [0.15, 0.2) is 36.7 Å². The van der Waals surface area contributed by atoms with Gasteiger partial charge in [-0.2, -0.15) is 0 Å². The molecule has 0 radical (unpaired) electrons. The molecule has 6 nitrogen and oxygen atoms in total. The summed E-state index contributed by atoms with van der Waals surface area (Å²) < 4.78 is 0. The first kappa shape index (κ1) is 13.1. The van der Waals surface area contributed by atoms with Crippen LogP contribution < -0.4 is 5.32 Å². The number of carbonyl (C=O) groups is 1. The molecule has 0 saturated carbocycles. The van der Waals surface area contributed by atoms with Crippen LogP contribution in [0.1, 0.15) is 15.9 Å². The van der Waals surface area contributed by atoms with Crippen LogP contribution in [0.3, 0.4) is 0 Å². The summed E-state index contributed by atoms with van der Waals surface area (Å²) in [5, 5.41) is 13.3. The summed E-state index contributed by atoms with van der Waals surface area (Å²) >= 11 is 5.86. The highest BCUT2D eigenvalue weighted by molar-refractivity contribution is 6.34. The zero-order chi connectivity index (χ0) is 13.8. The molecule has 0 bridgehead atoms. The maximum atomic E-state index is 11.9. The van der Waals surface area contributed by atoms with Crippen molar-refractivity contribution in [1.29, 1.82) is 0 Å². The van der Waals surface area contributed by atoms with Crippen molar-refractivity contribution in [2.75, 3.05) is 0 Å². The molecule has 2 rings (SSSR count). The number of nitro groups is 1. The monoisotopic (exact) mass is 279 g/mol. The van der Waals surface area contributed by atoms with Crippen molar-refractivity contribution in [3.05, 3.63) is 62.9 Å². The lowest BCUT2D eigenvalue weighted by atomic mass is 10.2. The maximum absolute atomic E-state index is 11.9. The molecule has 7 heteroatoms. The Hall–Kier alpha value is -2.34. The Morgan fingerprint density at radius 1 is 1.42 bits per heavy atom. The zero-order valence-electron chi connectivity index (χ0n) is 9.72. The fourth-order valence-corrected chi connectivity index (χ4v) is 1.81. The number of hydrogen-bond acceptors (Lipinski definition) is 3. The highest BCUT2D eigenvalue weighted by Crippen LogP contribution is 2.22. The van der Waals surface area contributed by atoms with Gasteiger partial charge >= 0.3 is 0 Å². The summed E-state index contributed by atoms with van der Waals surface area (Å²) in [6, 6.07) is 5.58. The third kappa shape index (κ3) is 3.11. The minimum Gasteiger partial charge on any atom is -0.367 e. The molecular formula is C12H10ClN3O3. The van der Waals surface area contributed by atoms with Gasteiger partial charge in [0.25, 0.3) is 11.6 Å². The first-order valence-electron chi connectivity index (χ1n) is 5.42. The molecule has 0 aliphatic rings. The van der Waals surface area contributed by atoms with E-state index in [1.165, 1.54) is 12.1 Å². The van der Waals surface area contributed by atoms with E-state index in [0.29, 0.717) is 6.54 Å². The van der Waals surface area contributed by atoms with Crippen LogP contribution in [-0.4, -0.2) is 15.8 Å². The van der Waals surface area contributed by atoms with Gasteiger partial charge in [0, 0.05) is 31.1 Å². The Bertz CT molecular complexity index is 611. The molecule has 2 N–H and O–H groups in total. The van der Waals surface area contributed by atoms with Gasteiger partial charge in [0.1, 0.15) is 0 Å². The van der Waals surface area contributed by atoms with Crippen LogP contribution in [0.4, 0.5) is 5.69 Å². The van der Waals surface area contributed by atoms with Crippen molar-refractivity contribution >= 4 is 23.2 Å². The number of rotatable bonds is 4. The molecule has 0 aliphatic heterocycles. The van der Waals surface area contributed by atoms with Gasteiger partial charge in [-0.1, -0.05) is 11.6 Å². The molecule has 98 valence electrons. The number of H-pyrrole nitrogens is 1. The number of nitrogens with zero attached hydrogens (tertiary/aromatic N) is 1. The van der Waals surface area contributed by atoms with Crippen molar-refractivity contribution < 1.29 is 9.72 Å². The van der Waals surface area contributed by atoms with E-state index in [4.69, 9.17) is 11.6 Å². The average Bonchev–Trinajstić information content (AvgIpc) is 2.88. The first-order chi connectivity index (χ1) is 9.08. The number of nitrogens with one attached hydrogen (secondary N) is 2. The molecule has 0 unspecified atom stereocenters. The van der Waals surface area contributed by atoms with Crippen molar-refractivity contribution in [2.24, 2.45) is 0 Å². The molecule has 0 aliphatic carbocycles. The maximum Gasteiger partial charge on any atom is 0.270 e. The molecule has 1 aromatic heterocycles. The average molecular weight is 280 g/mol. The summed E-state index contributed by atoms with van der Waals surface area (Å²) in [6.07, 6.45) is 3.51. The third-order valence-electron chi connectivity index (χ3n) is 2.52. The van der Waals surface area contributed by atoms with Gasteiger partial charge in [-0.05, 0) is 17.7 Å². The molecule has 0 saturated heterocycles. The normalized spacial score (nSPS) is 10.2. The fraction of sp³-hybridized carbons (Fsp3) is 0.0833. The van der Waals surface area contributed by atoms with E-state index in [0.717, 1.165) is 11.6 Å². The van der Waals surface area contributed by atoms with Gasteiger partial charge in [-0.3, -0.25) is 14.9 Å². The zero-order valence-corrected chi connectivity index (χ0v) is 10.5. The van der Waals surface area contributed by atoms with Gasteiger partial charge in [0.2, 0.25) is 0 Å². The summed E-state index contributed by atoms with van der Waals surface area (Å²) in [5.41, 5.74) is 0.987. The number of aromatic amines is 1. The number of non-ortho nitro benzene ring substituents is 1. The second-order valence-corrected chi connectivity index (χ2v) is 4.23. The summed E-state index contributed by atoms with van der Waals surface area (Å²) in [4.78, 5) is 24.7. The van der Waals surface area contributed by atoms with Gasteiger partial charge in [0.05, 0.1) is 15.5 Å². The largest absolute Gasteiger partial charge is 0.367 e. The fourth-order valence-electron chi connectivity index (χ4n) is 1.55. The van der Waals surface area contributed by atoms with Crippen molar-refractivity contribution in [3.8, 4) is 0 Å². The Morgan fingerprint density at radius 3 is 2.79 bits per heavy atom. The van der Waals surface area contributed by atoms with E-state index < -0.39 is 4.92 Å². The molecule has 1 aromatic carbocycles. The summed E-state index contributed by atoms with van der Waals surface area (Å²) in [7, 11) is 0.